The number of hydrogen-bond acceptors (Lipinski definition) is 5. The second kappa shape index (κ2) is 7.81. The molecule has 0 bridgehead atoms. The number of hydrogen-bond donors (Lipinski definition) is 0. The van der Waals surface area contributed by atoms with Crippen LogP contribution < -0.4 is 4.90 Å². The molecule has 4 rings (SSSR count). The first-order chi connectivity index (χ1) is 13.8. The molecule has 1 spiro atoms. The van der Waals surface area contributed by atoms with Crippen molar-refractivity contribution >= 4 is 27.5 Å². The summed E-state index contributed by atoms with van der Waals surface area (Å²) >= 11 is 0. The van der Waals surface area contributed by atoms with Crippen LogP contribution in [0.15, 0.2) is 23.1 Å². The second-order valence-corrected chi connectivity index (χ2v) is 10.4. The Morgan fingerprint density at radius 3 is 2.21 bits per heavy atom. The van der Waals surface area contributed by atoms with Crippen molar-refractivity contribution in [2.24, 2.45) is 5.41 Å². The van der Waals surface area contributed by atoms with E-state index in [1.54, 1.807) is 19.1 Å². The van der Waals surface area contributed by atoms with Crippen molar-refractivity contribution in [2.75, 3.05) is 31.2 Å². The Morgan fingerprint density at radius 2 is 1.59 bits per heavy atom. The lowest BCUT2D eigenvalue weighted by Gasteiger charge is -2.42. The molecule has 0 atom stereocenters. The van der Waals surface area contributed by atoms with Gasteiger partial charge in [0.2, 0.25) is 21.8 Å². The number of piperidine rings is 1. The SMILES string of the molecule is Cc1ccc(S(=O)(=O)N2CCOCC2)cc1N1C(=O)CC2(CCCCC2)CC1=O. The quantitative estimate of drug-likeness (QED) is 0.702. The topological polar surface area (TPSA) is 84.0 Å². The molecule has 0 N–H and O–H groups in total. The van der Waals surface area contributed by atoms with Crippen LogP contribution in [0.4, 0.5) is 5.69 Å². The van der Waals surface area contributed by atoms with Crippen molar-refractivity contribution < 1.29 is 22.7 Å². The van der Waals surface area contributed by atoms with E-state index in [1.165, 1.54) is 15.3 Å². The fraction of sp³-hybridized carbons (Fsp3) is 0.619. The maximum atomic E-state index is 13.0. The van der Waals surface area contributed by atoms with Crippen LogP contribution in [0.5, 0.6) is 0 Å². The number of nitrogens with zero attached hydrogens (tertiary/aromatic N) is 2. The number of amides is 2. The molecule has 1 aromatic carbocycles. The number of aryl methyl sites for hydroxylation is 1. The predicted molar refractivity (Wildman–Crippen MR) is 108 cm³/mol. The number of morpholine rings is 1. The van der Waals surface area contributed by atoms with Gasteiger partial charge in [-0.2, -0.15) is 4.31 Å². The van der Waals surface area contributed by atoms with Gasteiger partial charge < -0.3 is 4.74 Å². The third kappa shape index (κ3) is 3.85. The normalized spacial score (nSPS) is 23.6. The highest BCUT2D eigenvalue weighted by molar-refractivity contribution is 7.89. The molecule has 2 saturated heterocycles. The lowest BCUT2D eigenvalue weighted by molar-refractivity contribution is -0.134. The van der Waals surface area contributed by atoms with Crippen LogP contribution in [-0.4, -0.2) is 50.8 Å². The molecule has 1 aliphatic carbocycles. The molecule has 158 valence electrons. The molecule has 0 radical (unpaired) electrons. The summed E-state index contributed by atoms with van der Waals surface area (Å²) in [6, 6.07) is 4.70. The number of benzene rings is 1. The number of carbonyl (C=O) groups excluding carboxylic acids is 2. The van der Waals surface area contributed by atoms with Gasteiger partial charge in [-0.3, -0.25) is 14.5 Å². The van der Waals surface area contributed by atoms with Crippen molar-refractivity contribution in [3.8, 4) is 0 Å². The molecule has 0 aromatic heterocycles. The molecule has 8 heteroatoms. The van der Waals surface area contributed by atoms with Crippen LogP contribution in [-0.2, 0) is 24.3 Å². The van der Waals surface area contributed by atoms with E-state index in [-0.39, 0.29) is 22.1 Å². The number of rotatable bonds is 3. The van der Waals surface area contributed by atoms with E-state index in [0.717, 1.165) is 32.1 Å². The Labute approximate surface area is 172 Å². The summed E-state index contributed by atoms with van der Waals surface area (Å²) in [7, 11) is -3.70. The van der Waals surface area contributed by atoms with Gasteiger partial charge in [-0.25, -0.2) is 8.42 Å². The van der Waals surface area contributed by atoms with E-state index in [4.69, 9.17) is 4.74 Å². The molecular formula is C21H28N2O5S. The summed E-state index contributed by atoms with van der Waals surface area (Å²) < 4.78 is 32.7. The van der Waals surface area contributed by atoms with Gasteiger partial charge in [-0.05, 0) is 42.9 Å². The van der Waals surface area contributed by atoms with Crippen molar-refractivity contribution in [3.05, 3.63) is 23.8 Å². The molecule has 2 aliphatic heterocycles. The molecule has 3 fully saturated rings. The standard InChI is InChI=1S/C21H28N2O5S/c1-16-5-6-17(29(26,27)22-9-11-28-12-10-22)13-18(16)23-19(24)14-21(15-20(23)25)7-3-2-4-8-21/h5-6,13H,2-4,7-12,14-15H2,1H3. The zero-order valence-electron chi connectivity index (χ0n) is 16.9. The van der Waals surface area contributed by atoms with E-state index >= 15 is 0 Å². The molecule has 0 unspecified atom stereocenters. The summed E-state index contributed by atoms with van der Waals surface area (Å²) in [5.74, 6) is -0.431. The highest BCUT2D eigenvalue weighted by Gasteiger charge is 2.45. The van der Waals surface area contributed by atoms with E-state index in [1.807, 2.05) is 0 Å². The first-order valence-corrected chi connectivity index (χ1v) is 11.8. The molecule has 29 heavy (non-hydrogen) atoms. The second-order valence-electron chi connectivity index (χ2n) is 8.50. The molecule has 2 heterocycles. The Balaban J connectivity index is 1.64. The first-order valence-electron chi connectivity index (χ1n) is 10.4. The Hall–Kier alpha value is -1.77. The van der Waals surface area contributed by atoms with Crippen molar-refractivity contribution in [1.29, 1.82) is 0 Å². The largest absolute Gasteiger partial charge is 0.379 e. The zero-order chi connectivity index (χ0) is 20.6. The van der Waals surface area contributed by atoms with Gasteiger partial charge in [0.15, 0.2) is 0 Å². The van der Waals surface area contributed by atoms with Crippen LogP contribution >= 0.6 is 0 Å². The third-order valence-electron chi connectivity index (χ3n) is 6.49. The van der Waals surface area contributed by atoms with Crippen molar-refractivity contribution in [1.82, 2.24) is 4.31 Å². The van der Waals surface area contributed by atoms with Gasteiger partial charge in [0.1, 0.15) is 0 Å². The Morgan fingerprint density at radius 1 is 0.966 bits per heavy atom. The fourth-order valence-corrected chi connectivity index (χ4v) is 6.28. The molecule has 3 aliphatic rings. The highest BCUT2D eigenvalue weighted by Crippen LogP contribution is 2.46. The minimum absolute atomic E-state index is 0.110. The van der Waals surface area contributed by atoms with Gasteiger partial charge in [0.05, 0.1) is 23.8 Å². The van der Waals surface area contributed by atoms with E-state index in [0.29, 0.717) is 50.4 Å². The number of carbonyl (C=O) groups is 2. The average Bonchev–Trinajstić information content (AvgIpc) is 2.70. The summed E-state index contributed by atoms with van der Waals surface area (Å²) in [4.78, 5) is 27.4. The van der Waals surface area contributed by atoms with Gasteiger partial charge >= 0.3 is 0 Å². The van der Waals surface area contributed by atoms with Crippen LogP contribution in [0.2, 0.25) is 0 Å². The fourth-order valence-electron chi connectivity index (χ4n) is 4.85. The summed E-state index contributed by atoms with van der Waals surface area (Å²) in [6.07, 6.45) is 5.84. The third-order valence-corrected chi connectivity index (χ3v) is 8.39. The summed E-state index contributed by atoms with van der Waals surface area (Å²) in [5, 5.41) is 0. The number of imide groups is 1. The molecule has 1 aromatic rings. The molecule has 2 amide bonds. The van der Waals surface area contributed by atoms with Crippen molar-refractivity contribution in [2.45, 2.75) is 56.8 Å². The highest BCUT2D eigenvalue weighted by atomic mass is 32.2. The van der Waals surface area contributed by atoms with Gasteiger partial charge in [0.25, 0.3) is 0 Å². The maximum absolute atomic E-state index is 13.0. The first kappa shape index (κ1) is 20.5. The van der Waals surface area contributed by atoms with Crippen LogP contribution in [0.25, 0.3) is 0 Å². The van der Waals surface area contributed by atoms with E-state index in [9.17, 15) is 18.0 Å². The number of ether oxygens (including phenoxy) is 1. The Bertz CT molecular complexity index is 895. The lowest BCUT2D eigenvalue weighted by Crippen LogP contribution is -2.49. The van der Waals surface area contributed by atoms with Gasteiger partial charge in [-0.1, -0.05) is 25.3 Å². The van der Waals surface area contributed by atoms with Gasteiger partial charge in [0, 0.05) is 25.9 Å². The smallest absolute Gasteiger partial charge is 0.243 e. The van der Waals surface area contributed by atoms with Crippen molar-refractivity contribution in [3.63, 3.8) is 0 Å². The van der Waals surface area contributed by atoms with E-state index in [2.05, 4.69) is 0 Å². The van der Waals surface area contributed by atoms with Gasteiger partial charge in [-0.15, -0.1) is 0 Å². The van der Waals surface area contributed by atoms with Crippen LogP contribution in [0, 0.1) is 12.3 Å². The van der Waals surface area contributed by atoms with Crippen LogP contribution in [0.1, 0.15) is 50.5 Å². The summed E-state index contributed by atoms with van der Waals surface area (Å²) in [6.45, 7) is 3.13. The zero-order valence-corrected chi connectivity index (χ0v) is 17.7. The summed E-state index contributed by atoms with van der Waals surface area (Å²) in [5.41, 5.74) is 0.904. The molecular weight excluding hydrogens is 392 g/mol. The maximum Gasteiger partial charge on any atom is 0.243 e. The van der Waals surface area contributed by atoms with E-state index < -0.39 is 10.0 Å². The Kier molecular flexibility index (Phi) is 5.52. The predicted octanol–water partition coefficient (Wildman–Crippen LogP) is 2.62. The minimum atomic E-state index is -3.70. The number of sulfonamides is 1. The lowest BCUT2D eigenvalue weighted by atomic mass is 9.67. The average molecular weight is 421 g/mol. The minimum Gasteiger partial charge on any atom is -0.379 e. The molecule has 7 nitrogen and oxygen atoms in total. The van der Waals surface area contributed by atoms with Crippen LogP contribution in [0.3, 0.4) is 0 Å². The molecule has 1 saturated carbocycles. The number of anilines is 1. The monoisotopic (exact) mass is 420 g/mol.